The van der Waals surface area contributed by atoms with E-state index in [0.29, 0.717) is 36.2 Å². The van der Waals surface area contributed by atoms with Gasteiger partial charge in [0.2, 0.25) is 5.78 Å². The number of hydrogen-bond acceptors (Lipinski definition) is 4. The number of aromatic nitrogens is 1. The molecule has 0 bridgehead atoms. The van der Waals surface area contributed by atoms with Crippen LogP contribution in [0, 0.1) is 13.8 Å². The molecule has 39 heavy (non-hydrogen) atoms. The largest absolute Gasteiger partial charge is 0.399 e. The van der Waals surface area contributed by atoms with Crippen molar-refractivity contribution in [2.45, 2.75) is 26.9 Å². The SMILES string of the molecule is Cc1c(C)n(Cc2ccc(-c3ccccc3C(=O)C=O)cc2)c2ccc(C(=O)NCc3ccc(N)cc3)cc12. The zero-order valence-corrected chi connectivity index (χ0v) is 21.9. The molecule has 5 aromatic rings. The molecule has 3 N–H and O–H groups in total. The van der Waals surface area contributed by atoms with E-state index in [1.54, 1.807) is 12.1 Å². The summed E-state index contributed by atoms with van der Waals surface area (Å²) in [5.74, 6) is -0.652. The summed E-state index contributed by atoms with van der Waals surface area (Å²) in [5.41, 5.74) is 14.5. The Morgan fingerprint density at radius 3 is 2.28 bits per heavy atom. The maximum absolute atomic E-state index is 12.9. The molecule has 0 atom stereocenters. The number of fused-ring (bicyclic) bond motifs is 1. The predicted octanol–water partition coefficient (Wildman–Crippen LogP) is 5.87. The Morgan fingerprint density at radius 2 is 1.56 bits per heavy atom. The van der Waals surface area contributed by atoms with Crippen molar-refractivity contribution >= 4 is 34.6 Å². The van der Waals surface area contributed by atoms with Gasteiger partial charge >= 0.3 is 0 Å². The predicted molar refractivity (Wildman–Crippen MR) is 155 cm³/mol. The highest BCUT2D eigenvalue weighted by Crippen LogP contribution is 2.29. The molecule has 4 aromatic carbocycles. The fourth-order valence-corrected chi connectivity index (χ4v) is 4.90. The van der Waals surface area contributed by atoms with Crippen LogP contribution in [0.1, 0.15) is 43.1 Å². The molecular weight excluding hydrogens is 486 g/mol. The molecule has 0 aliphatic rings. The lowest BCUT2D eigenvalue weighted by molar-refractivity contribution is -0.104. The lowest BCUT2D eigenvalue weighted by Crippen LogP contribution is -2.22. The van der Waals surface area contributed by atoms with Crippen LogP contribution in [0.25, 0.3) is 22.0 Å². The molecule has 5 rings (SSSR count). The molecule has 0 aliphatic heterocycles. The summed E-state index contributed by atoms with van der Waals surface area (Å²) in [5, 5.41) is 4.03. The standard InChI is InChI=1S/C33H29N3O3/c1-21-22(2)36(19-24-7-11-25(12-8-24)28-5-3-4-6-29(28)32(38)20-37)31-16-13-26(17-30(21)31)33(39)35-18-23-9-14-27(34)15-10-23/h3-17,20H,18-19,34H2,1-2H3,(H,35,39). The number of benzene rings is 4. The number of nitrogens with one attached hydrogen (secondary N) is 1. The molecule has 194 valence electrons. The topological polar surface area (TPSA) is 94.2 Å². The van der Waals surface area contributed by atoms with Gasteiger partial charge in [-0.1, -0.05) is 60.7 Å². The number of amides is 1. The van der Waals surface area contributed by atoms with E-state index in [-0.39, 0.29) is 5.91 Å². The van der Waals surface area contributed by atoms with Crippen LogP contribution in [-0.4, -0.2) is 22.5 Å². The number of rotatable bonds is 8. The number of nitrogens with two attached hydrogens (primary N) is 1. The van der Waals surface area contributed by atoms with Gasteiger partial charge in [0.1, 0.15) is 0 Å². The molecular formula is C33H29N3O3. The van der Waals surface area contributed by atoms with Crippen LogP contribution < -0.4 is 11.1 Å². The fraction of sp³-hybridized carbons (Fsp3) is 0.121. The highest BCUT2D eigenvalue weighted by molar-refractivity contribution is 6.34. The Morgan fingerprint density at radius 1 is 0.872 bits per heavy atom. The van der Waals surface area contributed by atoms with E-state index in [9.17, 15) is 14.4 Å². The summed E-state index contributed by atoms with van der Waals surface area (Å²) in [7, 11) is 0. The van der Waals surface area contributed by atoms with Gasteiger partial charge in [-0.3, -0.25) is 14.4 Å². The van der Waals surface area contributed by atoms with Crippen molar-refractivity contribution in [1.29, 1.82) is 0 Å². The summed E-state index contributed by atoms with van der Waals surface area (Å²) in [6.07, 6.45) is 0.352. The summed E-state index contributed by atoms with van der Waals surface area (Å²) in [6, 6.07) is 28.4. The minimum atomic E-state index is -0.530. The first-order chi connectivity index (χ1) is 18.9. The van der Waals surface area contributed by atoms with Crippen molar-refractivity contribution in [3.05, 3.63) is 125 Å². The highest BCUT2D eigenvalue weighted by atomic mass is 16.2. The first-order valence-corrected chi connectivity index (χ1v) is 12.8. The van der Waals surface area contributed by atoms with Gasteiger partial charge in [-0.25, -0.2) is 0 Å². The maximum atomic E-state index is 12.9. The molecule has 0 saturated heterocycles. The number of aldehydes is 1. The quantitative estimate of drug-likeness (QED) is 0.117. The fourth-order valence-electron chi connectivity index (χ4n) is 4.90. The van der Waals surface area contributed by atoms with Crippen molar-refractivity contribution in [1.82, 2.24) is 9.88 Å². The maximum Gasteiger partial charge on any atom is 0.251 e. The Kier molecular flexibility index (Phi) is 7.10. The Bertz CT molecular complexity index is 1700. The third-order valence-electron chi connectivity index (χ3n) is 7.24. The summed E-state index contributed by atoms with van der Waals surface area (Å²) >= 11 is 0. The molecule has 0 saturated carbocycles. The van der Waals surface area contributed by atoms with E-state index in [1.165, 1.54) is 0 Å². The third-order valence-corrected chi connectivity index (χ3v) is 7.24. The van der Waals surface area contributed by atoms with Crippen molar-refractivity contribution < 1.29 is 14.4 Å². The van der Waals surface area contributed by atoms with Crippen LogP contribution in [0.5, 0.6) is 0 Å². The molecule has 1 heterocycles. The summed E-state index contributed by atoms with van der Waals surface area (Å²) in [4.78, 5) is 36.0. The average molecular weight is 516 g/mol. The Hall–Kier alpha value is -4.97. The minimum absolute atomic E-state index is 0.123. The average Bonchev–Trinajstić information content (AvgIpc) is 3.21. The van der Waals surface area contributed by atoms with Crippen molar-refractivity contribution in [2.24, 2.45) is 0 Å². The Balaban J connectivity index is 1.37. The lowest BCUT2D eigenvalue weighted by atomic mass is 9.96. The van der Waals surface area contributed by atoms with E-state index in [2.05, 4.69) is 23.7 Å². The van der Waals surface area contributed by atoms with Gasteiger partial charge < -0.3 is 15.6 Å². The van der Waals surface area contributed by atoms with Crippen molar-refractivity contribution in [3.8, 4) is 11.1 Å². The van der Waals surface area contributed by atoms with Crippen LogP contribution in [0.4, 0.5) is 5.69 Å². The van der Waals surface area contributed by atoms with Crippen LogP contribution in [0.3, 0.4) is 0 Å². The van der Waals surface area contributed by atoms with Gasteiger partial charge in [0.25, 0.3) is 5.91 Å². The lowest BCUT2D eigenvalue weighted by Gasteiger charge is -2.11. The zero-order valence-electron chi connectivity index (χ0n) is 21.9. The van der Waals surface area contributed by atoms with E-state index in [1.807, 2.05) is 78.9 Å². The number of nitrogens with zero attached hydrogens (tertiary/aromatic N) is 1. The normalized spacial score (nSPS) is 10.9. The van der Waals surface area contributed by atoms with E-state index in [0.717, 1.165) is 44.4 Å². The first-order valence-electron chi connectivity index (χ1n) is 12.8. The molecule has 0 radical (unpaired) electrons. The monoisotopic (exact) mass is 515 g/mol. The molecule has 0 fully saturated rings. The number of Topliss-reactive ketones (excluding diaryl/α,β-unsaturated/α-hetero) is 1. The van der Waals surface area contributed by atoms with Gasteiger partial charge in [0.15, 0.2) is 6.29 Å². The number of carbonyl (C=O) groups excluding carboxylic acids is 3. The van der Waals surface area contributed by atoms with E-state index in [4.69, 9.17) is 5.73 Å². The minimum Gasteiger partial charge on any atom is -0.399 e. The molecule has 0 spiro atoms. The van der Waals surface area contributed by atoms with Crippen molar-refractivity contribution in [2.75, 3.05) is 5.73 Å². The van der Waals surface area contributed by atoms with Gasteiger partial charge in [-0.2, -0.15) is 0 Å². The van der Waals surface area contributed by atoms with Crippen molar-refractivity contribution in [3.63, 3.8) is 0 Å². The van der Waals surface area contributed by atoms with Gasteiger partial charge in [0, 0.05) is 46.5 Å². The molecule has 1 amide bonds. The summed E-state index contributed by atoms with van der Waals surface area (Å²) in [6.45, 7) is 5.26. The van der Waals surface area contributed by atoms with Crippen LogP contribution >= 0.6 is 0 Å². The second kappa shape index (κ2) is 10.8. The summed E-state index contributed by atoms with van der Waals surface area (Å²) < 4.78 is 2.25. The molecule has 0 unspecified atom stereocenters. The van der Waals surface area contributed by atoms with Crippen LogP contribution in [0.2, 0.25) is 0 Å². The number of anilines is 1. The van der Waals surface area contributed by atoms with Gasteiger partial charge in [0.05, 0.1) is 0 Å². The van der Waals surface area contributed by atoms with Gasteiger partial charge in [-0.15, -0.1) is 0 Å². The Labute approximate surface area is 227 Å². The smallest absolute Gasteiger partial charge is 0.251 e. The third kappa shape index (κ3) is 5.22. The zero-order chi connectivity index (χ0) is 27.5. The molecule has 6 nitrogen and oxygen atoms in total. The number of nitrogen functional groups attached to an aromatic ring is 1. The highest BCUT2D eigenvalue weighted by Gasteiger charge is 2.15. The molecule has 6 heteroatoms. The van der Waals surface area contributed by atoms with Crippen LogP contribution in [-0.2, 0) is 17.9 Å². The number of ketones is 1. The number of aryl methyl sites for hydroxylation is 1. The first kappa shape index (κ1) is 25.7. The van der Waals surface area contributed by atoms with E-state index >= 15 is 0 Å². The second-order valence-electron chi connectivity index (χ2n) is 9.68. The van der Waals surface area contributed by atoms with Crippen LogP contribution in [0.15, 0.2) is 91.0 Å². The van der Waals surface area contributed by atoms with Gasteiger partial charge in [-0.05, 0) is 72.0 Å². The molecule has 1 aromatic heterocycles. The molecule has 0 aliphatic carbocycles. The number of hydrogen-bond donors (Lipinski definition) is 2. The second-order valence-corrected chi connectivity index (χ2v) is 9.68. The number of carbonyl (C=O) groups is 3. The van der Waals surface area contributed by atoms with E-state index < -0.39 is 5.78 Å².